The third kappa shape index (κ3) is 6.13. The summed E-state index contributed by atoms with van der Waals surface area (Å²) in [5.41, 5.74) is 0. The molecule has 0 aromatic heterocycles. The number of hydrogen-bond acceptors (Lipinski definition) is 4. The molecule has 4 heteroatoms. The van der Waals surface area contributed by atoms with Gasteiger partial charge in [0.2, 0.25) is 0 Å². The molecule has 1 unspecified atom stereocenters. The molecule has 0 aliphatic rings. The third-order valence-electron chi connectivity index (χ3n) is 1.62. The average molecular weight is 187 g/mol. The van der Waals surface area contributed by atoms with Crippen molar-refractivity contribution >= 4 is 11.9 Å². The first-order valence-electron chi connectivity index (χ1n) is 4.44. The summed E-state index contributed by atoms with van der Waals surface area (Å²) in [5.74, 6) is -2.29. The Morgan fingerprint density at radius 2 is 2.08 bits per heavy atom. The minimum atomic E-state index is -1.22. The lowest BCUT2D eigenvalue weighted by Gasteiger charge is -2.11. The smallest absolute Gasteiger partial charge is 0.309 e. The quantitative estimate of drug-likeness (QED) is 0.437. The number of carboxylic acid groups (broad SMARTS) is 1. The van der Waals surface area contributed by atoms with Gasteiger partial charge in [-0.15, -0.1) is 0 Å². The summed E-state index contributed by atoms with van der Waals surface area (Å²) in [6.07, 6.45) is 1.48. The van der Waals surface area contributed by atoms with E-state index in [1.165, 1.54) is 6.92 Å². The molecule has 0 rings (SSSR count). The van der Waals surface area contributed by atoms with E-state index in [4.69, 9.17) is 4.74 Å². The maximum absolute atomic E-state index is 11.0. The number of unbranched alkanes of at least 4 members (excludes halogenated alkanes) is 1. The van der Waals surface area contributed by atoms with Crippen LogP contribution < -0.4 is 5.11 Å². The molecule has 0 radical (unpaired) electrons. The normalized spacial score (nSPS) is 12.2. The van der Waals surface area contributed by atoms with Gasteiger partial charge < -0.3 is 14.6 Å². The van der Waals surface area contributed by atoms with E-state index in [2.05, 4.69) is 0 Å². The van der Waals surface area contributed by atoms with Crippen molar-refractivity contribution < 1.29 is 19.4 Å². The van der Waals surface area contributed by atoms with E-state index in [1.54, 1.807) is 0 Å². The van der Waals surface area contributed by atoms with E-state index >= 15 is 0 Å². The summed E-state index contributed by atoms with van der Waals surface area (Å²) < 4.78 is 4.82. The van der Waals surface area contributed by atoms with Gasteiger partial charge in [-0.1, -0.05) is 20.3 Å². The molecule has 0 aromatic carbocycles. The molecule has 0 N–H and O–H groups in total. The van der Waals surface area contributed by atoms with E-state index in [1.807, 2.05) is 6.92 Å². The van der Waals surface area contributed by atoms with Gasteiger partial charge >= 0.3 is 5.97 Å². The van der Waals surface area contributed by atoms with E-state index in [-0.39, 0.29) is 6.42 Å². The van der Waals surface area contributed by atoms with E-state index in [0.717, 1.165) is 12.8 Å². The fourth-order valence-electron chi connectivity index (χ4n) is 0.793. The molecule has 0 spiro atoms. The number of aliphatic carboxylic acids is 1. The van der Waals surface area contributed by atoms with Crippen molar-refractivity contribution in [2.45, 2.75) is 33.1 Å². The third-order valence-corrected chi connectivity index (χ3v) is 1.62. The second-order valence-electron chi connectivity index (χ2n) is 3.00. The average Bonchev–Trinajstić information content (AvgIpc) is 2.03. The number of hydrogen-bond donors (Lipinski definition) is 0. The SMILES string of the molecule is CCCCOC(=O)C(C)CC(=O)[O-]. The summed E-state index contributed by atoms with van der Waals surface area (Å²) in [5, 5.41) is 10.1. The molecule has 0 aliphatic carbocycles. The maximum Gasteiger partial charge on any atom is 0.309 e. The lowest BCUT2D eigenvalue weighted by Crippen LogP contribution is -2.28. The molecule has 0 saturated carbocycles. The Hall–Kier alpha value is -1.06. The van der Waals surface area contributed by atoms with Crippen LogP contribution in [-0.4, -0.2) is 18.5 Å². The van der Waals surface area contributed by atoms with Crippen molar-refractivity contribution in [2.24, 2.45) is 5.92 Å². The molecule has 13 heavy (non-hydrogen) atoms. The first kappa shape index (κ1) is 11.9. The molecule has 0 aliphatic heterocycles. The Balaban J connectivity index is 3.63. The second kappa shape index (κ2) is 6.46. The van der Waals surface area contributed by atoms with Crippen LogP contribution in [0.3, 0.4) is 0 Å². The van der Waals surface area contributed by atoms with Gasteiger partial charge in [0.25, 0.3) is 0 Å². The van der Waals surface area contributed by atoms with Crippen molar-refractivity contribution in [3.8, 4) is 0 Å². The van der Waals surface area contributed by atoms with Gasteiger partial charge in [0.1, 0.15) is 0 Å². The highest BCUT2D eigenvalue weighted by molar-refractivity contribution is 5.77. The molecule has 4 nitrogen and oxygen atoms in total. The highest BCUT2D eigenvalue weighted by Crippen LogP contribution is 2.04. The van der Waals surface area contributed by atoms with Crippen molar-refractivity contribution in [2.75, 3.05) is 6.61 Å². The number of carboxylic acids is 1. The van der Waals surface area contributed by atoms with Gasteiger partial charge in [0.05, 0.1) is 12.5 Å². The molecule has 76 valence electrons. The minimum absolute atomic E-state index is 0.273. The summed E-state index contributed by atoms with van der Waals surface area (Å²) in [6, 6.07) is 0. The van der Waals surface area contributed by atoms with Gasteiger partial charge in [-0.3, -0.25) is 4.79 Å². The molecule has 0 saturated heterocycles. The maximum atomic E-state index is 11.0. The lowest BCUT2D eigenvalue weighted by molar-refractivity contribution is -0.306. The Labute approximate surface area is 77.9 Å². The summed E-state index contributed by atoms with van der Waals surface area (Å²) >= 11 is 0. The molecule has 0 fully saturated rings. The molecule has 0 aromatic rings. The van der Waals surface area contributed by atoms with Crippen LogP contribution in [0.5, 0.6) is 0 Å². The van der Waals surface area contributed by atoms with Crippen molar-refractivity contribution in [1.29, 1.82) is 0 Å². The van der Waals surface area contributed by atoms with Crippen LogP contribution in [0.15, 0.2) is 0 Å². The zero-order valence-corrected chi connectivity index (χ0v) is 8.04. The highest BCUT2D eigenvalue weighted by atomic mass is 16.5. The number of carbonyl (C=O) groups excluding carboxylic acids is 2. The zero-order chi connectivity index (χ0) is 10.3. The highest BCUT2D eigenvalue weighted by Gasteiger charge is 2.13. The van der Waals surface area contributed by atoms with Crippen LogP contribution in [-0.2, 0) is 14.3 Å². The minimum Gasteiger partial charge on any atom is -0.550 e. The van der Waals surface area contributed by atoms with Crippen LogP contribution in [0, 0.1) is 5.92 Å². The van der Waals surface area contributed by atoms with Crippen LogP contribution >= 0.6 is 0 Å². The van der Waals surface area contributed by atoms with Crippen molar-refractivity contribution in [1.82, 2.24) is 0 Å². The molecular weight excluding hydrogens is 172 g/mol. The van der Waals surface area contributed by atoms with Gasteiger partial charge in [-0.05, 0) is 12.8 Å². The van der Waals surface area contributed by atoms with Crippen molar-refractivity contribution in [3.05, 3.63) is 0 Å². The Morgan fingerprint density at radius 3 is 2.54 bits per heavy atom. The standard InChI is InChI=1S/C9H16O4/c1-3-4-5-13-9(12)7(2)6-8(10)11/h7H,3-6H2,1-2H3,(H,10,11)/p-1. The van der Waals surface area contributed by atoms with E-state index in [0.29, 0.717) is 6.61 Å². The lowest BCUT2D eigenvalue weighted by atomic mass is 10.1. The first-order valence-corrected chi connectivity index (χ1v) is 4.44. The number of ether oxygens (including phenoxy) is 1. The largest absolute Gasteiger partial charge is 0.550 e. The van der Waals surface area contributed by atoms with E-state index < -0.39 is 17.9 Å². The van der Waals surface area contributed by atoms with Crippen LogP contribution in [0.4, 0.5) is 0 Å². The topological polar surface area (TPSA) is 66.4 Å². The zero-order valence-electron chi connectivity index (χ0n) is 8.04. The van der Waals surface area contributed by atoms with Crippen LogP contribution in [0.25, 0.3) is 0 Å². The second-order valence-corrected chi connectivity index (χ2v) is 3.00. The summed E-state index contributed by atoms with van der Waals surface area (Å²) in [6.45, 7) is 3.87. The predicted octanol–water partition coefficient (Wildman–Crippen LogP) is 0.106. The van der Waals surface area contributed by atoms with Crippen LogP contribution in [0.1, 0.15) is 33.1 Å². The van der Waals surface area contributed by atoms with E-state index in [9.17, 15) is 14.7 Å². The molecular formula is C9H15O4-. The fourth-order valence-corrected chi connectivity index (χ4v) is 0.793. The number of rotatable bonds is 6. The summed E-state index contributed by atoms with van der Waals surface area (Å²) in [7, 11) is 0. The van der Waals surface area contributed by atoms with Gasteiger partial charge in [-0.25, -0.2) is 0 Å². The Morgan fingerprint density at radius 1 is 1.46 bits per heavy atom. The molecule has 0 heterocycles. The Kier molecular flexibility index (Phi) is 5.93. The molecule has 0 bridgehead atoms. The first-order chi connectivity index (χ1) is 6.07. The monoisotopic (exact) mass is 187 g/mol. The van der Waals surface area contributed by atoms with Gasteiger partial charge in [0.15, 0.2) is 0 Å². The molecule has 0 amide bonds. The molecule has 1 atom stereocenters. The van der Waals surface area contributed by atoms with Gasteiger partial charge in [-0.2, -0.15) is 0 Å². The Bertz CT molecular complexity index is 176. The van der Waals surface area contributed by atoms with Crippen LogP contribution in [0.2, 0.25) is 0 Å². The van der Waals surface area contributed by atoms with Gasteiger partial charge in [0, 0.05) is 5.97 Å². The van der Waals surface area contributed by atoms with Crippen molar-refractivity contribution in [3.63, 3.8) is 0 Å². The predicted molar refractivity (Wildman–Crippen MR) is 44.7 cm³/mol. The number of carbonyl (C=O) groups is 2. The summed E-state index contributed by atoms with van der Waals surface area (Å²) in [4.78, 5) is 21.2. The fraction of sp³-hybridized carbons (Fsp3) is 0.778. The number of esters is 1.